The van der Waals surface area contributed by atoms with Crippen LogP contribution >= 0.6 is 11.3 Å². The Morgan fingerprint density at radius 3 is 2.14 bits per heavy atom. The predicted molar refractivity (Wildman–Crippen MR) is 137 cm³/mol. The lowest BCUT2D eigenvalue weighted by atomic mass is 9.80. The van der Waals surface area contributed by atoms with Crippen molar-refractivity contribution < 1.29 is 23.5 Å². The molecule has 2 aromatic carbocycles. The topological polar surface area (TPSA) is 77.5 Å². The molecule has 1 N–H and O–H groups in total. The number of benzene rings is 2. The van der Waals surface area contributed by atoms with Gasteiger partial charge in [0.2, 0.25) is 0 Å². The Hall–Kier alpha value is -3.78. The molecule has 0 spiro atoms. The average Bonchev–Trinajstić information content (AvgIpc) is 3.35. The largest absolute Gasteiger partial charge is 0.463 e. The zero-order chi connectivity index (χ0) is 25.8. The van der Waals surface area contributed by atoms with Gasteiger partial charge in [-0.2, -0.15) is 0 Å². The Morgan fingerprint density at radius 1 is 0.944 bits per heavy atom. The average molecular weight is 507 g/mol. The smallest absolute Gasteiger partial charge is 0.336 e. The minimum atomic E-state index is -0.666. The van der Waals surface area contributed by atoms with Gasteiger partial charge in [0.15, 0.2) is 0 Å². The Kier molecular flexibility index (Phi) is 7.64. The molecule has 1 aliphatic rings. The summed E-state index contributed by atoms with van der Waals surface area (Å²) in [6, 6.07) is 13.8. The number of aromatic nitrogens is 1. The van der Waals surface area contributed by atoms with Crippen molar-refractivity contribution in [1.29, 1.82) is 0 Å². The van der Waals surface area contributed by atoms with E-state index < -0.39 is 17.9 Å². The number of allylic oxidation sites excluding steroid dienone is 2. The molecule has 0 fully saturated rings. The molecule has 0 atom stereocenters. The normalized spacial score (nSPS) is 14.0. The molecule has 0 aliphatic carbocycles. The van der Waals surface area contributed by atoms with E-state index >= 15 is 0 Å². The number of ether oxygens (including phenoxy) is 2. The molecule has 0 amide bonds. The maximum atomic E-state index is 13.3. The number of carbonyl (C=O) groups is 2. The van der Waals surface area contributed by atoms with Gasteiger partial charge >= 0.3 is 11.9 Å². The van der Waals surface area contributed by atoms with Crippen molar-refractivity contribution in [3.8, 4) is 21.8 Å². The van der Waals surface area contributed by atoms with Gasteiger partial charge in [-0.1, -0.05) is 18.2 Å². The fourth-order valence-electron chi connectivity index (χ4n) is 4.30. The van der Waals surface area contributed by atoms with Crippen LogP contribution in [0.1, 0.15) is 39.2 Å². The number of dihydropyridines is 1. The Labute approximate surface area is 213 Å². The zero-order valence-electron chi connectivity index (χ0n) is 20.6. The molecule has 0 radical (unpaired) electrons. The van der Waals surface area contributed by atoms with Crippen LogP contribution in [0.25, 0.3) is 21.8 Å². The molecule has 186 valence electrons. The van der Waals surface area contributed by atoms with E-state index in [-0.39, 0.29) is 19.0 Å². The highest BCUT2D eigenvalue weighted by atomic mass is 32.1. The van der Waals surface area contributed by atoms with Crippen molar-refractivity contribution in [1.82, 2.24) is 10.3 Å². The molecule has 0 saturated heterocycles. The molecule has 8 heteroatoms. The highest BCUT2D eigenvalue weighted by molar-refractivity contribution is 7.13. The van der Waals surface area contributed by atoms with Gasteiger partial charge in [-0.25, -0.2) is 19.0 Å². The van der Waals surface area contributed by atoms with Gasteiger partial charge < -0.3 is 14.8 Å². The lowest BCUT2D eigenvalue weighted by Crippen LogP contribution is -2.32. The second-order valence-corrected chi connectivity index (χ2v) is 9.10. The van der Waals surface area contributed by atoms with Crippen LogP contribution in [0.4, 0.5) is 4.39 Å². The number of esters is 2. The third-order valence-corrected chi connectivity index (χ3v) is 6.75. The molecule has 3 aromatic rings. The third kappa shape index (κ3) is 5.09. The van der Waals surface area contributed by atoms with Crippen LogP contribution in [-0.4, -0.2) is 30.1 Å². The summed E-state index contributed by atoms with van der Waals surface area (Å²) in [4.78, 5) is 30.8. The summed E-state index contributed by atoms with van der Waals surface area (Å²) in [6.45, 7) is 7.51. The van der Waals surface area contributed by atoms with Gasteiger partial charge in [0, 0.05) is 27.9 Å². The molecule has 2 heterocycles. The van der Waals surface area contributed by atoms with E-state index in [0.29, 0.717) is 22.5 Å². The van der Waals surface area contributed by atoms with Gasteiger partial charge in [-0.3, -0.25) is 0 Å². The third-order valence-electron chi connectivity index (χ3n) is 5.86. The Morgan fingerprint density at radius 2 is 1.56 bits per heavy atom. The minimum Gasteiger partial charge on any atom is -0.463 e. The predicted octanol–water partition coefficient (Wildman–Crippen LogP) is 5.98. The van der Waals surface area contributed by atoms with Crippen molar-refractivity contribution in [3.05, 3.63) is 87.8 Å². The van der Waals surface area contributed by atoms with Gasteiger partial charge in [0.1, 0.15) is 10.8 Å². The molecular formula is C28H27FN2O4S. The number of nitrogens with one attached hydrogen (secondary N) is 1. The number of hydrogen-bond donors (Lipinski definition) is 1. The summed E-state index contributed by atoms with van der Waals surface area (Å²) in [5, 5.41) is 5.83. The Balaban J connectivity index is 1.79. The fourth-order valence-corrected chi connectivity index (χ4v) is 5.12. The van der Waals surface area contributed by atoms with E-state index in [1.165, 1.54) is 23.5 Å². The van der Waals surface area contributed by atoms with E-state index in [9.17, 15) is 14.0 Å². The first-order valence-corrected chi connectivity index (χ1v) is 12.6. The first kappa shape index (κ1) is 25.3. The molecule has 1 aliphatic heterocycles. The summed E-state index contributed by atoms with van der Waals surface area (Å²) in [7, 11) is 0. The van der Waals surface area contributed by atoms with E-state index in [2.05, 4.69) is 5.32 Å². The van der Waals surface area contributed by atoms with E-state index in [1.54, 1.807) is 39.8 Å². The second-order valence-electron chi connectivity index (χ2n) is 8.25. The van der Waals surface area contributed by atoms with Gasteiger partial charge in [-0.15, -0.1) is 11.3 Å². The SMILES string of the molecule is CCOC(=O)C1=C(C)NC(C)=C(C(=O)OCC)C1c1cccc(-c2nc(-c3ccc(F)cc3)cs2)c1. The van der Waals surface area contributed by atoms with Crippen molar-refractivity contribution in [2.24, 2.45) is 0 Å². The van der Waals surface area contributed by atoms with E-state index in [0.717, 1.165) is 27.4 Å². The lowest BCUT2D eigenvalue weighted by molar-refractivity contribution is -0.139. The maximum Gasteiger partial charge on any atom is 0.336 e. The summed E-state index contributed by atoms with van der Waals surface area (Å²) >= 11 is 1.46. The molecule has 1 aromatic heterocycles. The van der Waals surface area contributed by atoms with Crippen LogP contribution in [0.3, 0.4) is 0 Å². The van der Waals surface area contributed by atoms with Crippen LogP contribution in [0.15, 0.2) is 76.5 Å². The molecule has 36 heavy (non-hydrogen) atoms. The highest BCUT2D eigenvalue weighted by Gasteiger charge is 2.38. The monoisotopic (exact) mass is 506 g/mol. The van der Waals surface area contributed by atoms with Crippen molar-refractivity contribution >= 4 is 23.3 Å². The molecule has 0 saturated carbocycles. The van der Waals surface area contributed by atoms with Gasteiger partial charge in [-0.05, 0) is 63.6 Å². The summed E-state index contributed by atoms with van der Waals surface area (Å²) in [5.41, 5.74) is 5.14. The van der Waals surface area contributed by atoms with E-state index in [4.69, 9.17) is 14.5 Å². The number of rotatable bonds is 7. The molecule has 4 rings (SSSR count). The lowest BCUT2D eigenvalue weighted by Gasteiger charge is -2.30. The number of thiazole rings is 1. The minimum absolute atomic E-state index is 0.213. The summed E-state index contributed by atoms with van der Waals surface area (Å²) in [6.07, 6.45) is 0. The van der Waals surface area contributed by atoms with E-state index in [1.807, 2.05) is 29.6 Å². The number of halogens is 1. The van der Waals surface area contributed by atoms with Gasteiger partial charge in [0.05, 0.1) is 36.0 Å². The molecule has 0 unspecified atom stereocenters. The van der Waals surface area contributed by atoms with Crippen molar-refractivity contribution in [3.63, 3.8) is 0 Å². The fraction of sp³-hybridized carbons (Fsp3) is 0.250. The maximum absolute atomic E-state index is 13.3. The number of nitrogens with zero attached hydrogens (tertiary/aromatic N) is 1. The van der Waals surface area contributed by atoms with Crippen LogP contribution in [0, 0.1) is 5.82 Å². The Bertz CT molecular complexity index is 1320. The van der Waals surface area contributed by atoms with Crippen LogP contribution in [-0.2, 0) is 19.1 Å². The number of hydrogen-bond acceptors (Lipinski definition) is 7. The summed E-state index contributed by atoms with van der Waals surface area (Å²) < 4.78 is 24.0. The van der Waals surface area contributed by atoms with Crippen LogP contribution in [0.5, 0.6) is 0 Å². The molecular weight excluding hydrogens is 479 g/mol. The molecule has 6 nitrogen and oxygen atoms in total. The molecule has 0 bridgehead atoms. The standard InChI is InChI=1S/C28H27FN2O4S/c1-5-34-27(32)23-16(3)30-17(4)24(28(33)35-6-2)25(23)19-8-7-9-20(14-19)26-31-22(15-36-26)18-10-12-21(29)13-11-18/h7-15,25,30H,5-6H2,1-4H3. The quantitative estimate of drug-likeness (QED) is 0.398. The van der Waals surface area contributed by atoms with Crippen molar-refractivity contribution in [2.75, 3.05) is 13.2 Å². The summed E-state index contributed by atoms with van der Waals surface area (Å²) in [5.74, 6) is -1.94. The second kappa shape index (κ2) is 10.9. The first-order chi connectivity index (χ1) is 17.3. The van der Waals surface area contributed by atoms with Crippen LogP contribution < -0.4 is 5.32 Å². The zero-order valence-corrected chi connectivity index (χ0v) is 21.4. The van der Waals surface area contributed by atoms with Crippen LogP contribution in [0.2, 0.25) is 0 Å². The van der Waals surface area contributed by atoms with Gasteiger partial charge in [0.25, 0.3) is 0 Å². The van der Waals surface area contributed by atoms with Crippen molar-refractivity contribution in [2.45, 2.75) is 33.6 Å². The first-order valence-electron chi connectivity index (χ1n) is 11.7. The highest BCUT2D eigenvalue weighted by Crippen LogP contribution is 2.41. The number of carbonyl (C=O) groups excluding carboxylic acids is 2.